The number of hydrazone groups is 1. The molecule has 1 aliphatic rings. The van der Waals surface area contributed by atoms with Crippen molar-refractivity contribution >= 4 is 91.1 Å². The Morgan fingerprint density at radius 3 is 2.51 bits per heavy atom. The quantitative estimate of drug-likeness (QED) is 0.224. The van der Waals surface area contributed by atoms with Gasteiger partial charge in [0.2, 0.25) is 11.8 Å². The fraction of sp³-hybridized carbons (Fsp3) is 0.182. The van der Waals surface area contributed by atoms with Crippen LogP contribution in [0.4, 0.5) is 5.69 Å². The highest BCUT2D eigenvalue weighted by molar-refractivity contribution is 9.10. The number of carbonyl (C=O) groups is 3. The summed E-state index contributed by atoms with van der Waals surface area (Å²) in [7, 11) is 0. The van der Waals surface area contributed by atoms with E-state index in [0.717, 1.165) is 16.2 Å². The third-order valence-electron chi connectivity index (χ3n) is 4.44. The molecule has 1 heterocycles. The highest BCUT2D eigenvalue weighted by atomic mass is 79.9. The lowest BCUT2D eigenvalue weighted by Crippen LogP contribution is -2.35. The third-order valence-corrected chi connectivity index (χ3v) is 7.16. The molecular formula is C22H18BrCl3N4O4S. The van der Waals surface area contributed by atoms with E-state index in [1.54, 1.807) is 24.3 Å². The Kier molecular flexibility index (Phi) is 9.88. The molecule has 0 saturated carbocycles. The van der Waals surface area contributed by atoms with Crippen LogP contribution < -0.4 is 15.5 Å². The lowest BCUT2D eigenvalue weighted by atomic mass is 10.2. The number of benzene rings is 2. The Labute approximate surface area is 229 Å². The van der Waals surface area contributed by atoms with Crippen molar-refractivity contribution in [2.75, 3.05) is 18.5 Å². The summed E-state index contributed by atoms with van der Waals surface area (Å²) in [4.78, 5) is 38.8. The summed E-state index contributed by atoms with van der Waals surface area (Å²) in [6.07, 6.45) is 1.45. The van der Waals surface area contributed by atoms with E-state index in [1.807, 2.05) is 0 Å². The van der Waals surface area contributed by atoms with Gasteiger partial charge in [0.1, 0.15) is 11.0 Å². The second kappa shape index (κ2) is 12.6. The molecule has 2 N–H and O–H groups in total. The van der Waals surface area contributed by atoms with Crippen molar-refractivity contribution < 1.29 is 19.1 Å². The molecule has 1 atom stereocenters. The van der Waals surface area contributed by atoms with Crippen LogP contribution >= 0.6 is 62.5 Å². The number of rotatable bonds is 9. The molecule has 35 heavy (non-hydrogen) atoms. The Morgan fingerprint density at radius 1 is 1.14 bits per heavy atom. The highest BCUT2D eigenvalue weighted by Crippen LogP contribution is 2.34. The SMILES string of the molecule is C=CCN1C(=O)C(CC(=O)Nc2ccc(Br)cc2)SC1=NNC(=O)COc1cc(Cl)c(Cl)cc1Cl. The van der Waals surface area contributed by atoms with Gasteiger partial charge < -0.3 is 10.1 Å². The van der Waals surface area contributed by atoms with Crippen molar-refractivity contribution in [3.05, 3.63) is 68.6 Å². The van der Waals surface area contributed by atoms with Crippen LogP contribution in [0.3, 0.4) is 0 Å². The molecule has 1 saturated heterocycles. The van der Waals surface area contributed by atoms with E-state index >= 15 is 0 Å². The van der Waals surface area contributed by atoms with Gasteiger partial charge in [-0.3, -0.25) is 19.3 Å². The summed E-state index contributed by atoms with van der Waals surface area (Å²) in [6, 6.07) is 9.87. The zero-order valence-electron chi connectivity index (χ0n) is 17.9. The molecule has 0 radical (unpaired) electrons. The van der Waals surface area contributed by atoms with Crippen molar-refractivity contribution in [2.45, 2.75) is 11.7 Å². The van der Waals surface area contributed by atoms with Crippen molar-refractivity contribution in [2.24, 2.45) is 5.10 Å². The van der Waals surface area contributed by atoms with E-state index < -0.39 is 17.8 Å². The van der Waals surface area contributed by atoms with Crippen LogP contribution in [0.2, 0.25) is 15.1 Å². The summed E-state index contributed by atoms with van der Waals surface area (Å²) < 4.78 is 6.25. The van der Waals surface area contributed by atoms with Gasteiger partial charge in [-0.05, 0) is 30.3 Å². The molecule has 3 rings (SSSR count). The number of carbonyl (C=O) groups excluding carboxylic acids is 3. The normalized spacial score (nSPS) is 16.3. The van der Waals surface area contributed by atoms with E-state index in [4.69, 9.17) is 39.5 Å². The van der Waals surface area contributed by atoms with Gasteiger partial charge in [-0.1, -0.05) is 68.6 Å². The van der Waals surface area contributed by atoms with E-state index in [2.05, 4.69) is 38.4 Å². The number of thioether (sulfide) groups is 1. The first-order valence-corrected chi connectivity index (χ1v) is 12.8. The minimum absolute atomic E-state index is 0.0703. The van der Waals surface area contributed by atoms with Gasteiger partial charge in [-0.2, -0.15) is 0 Å². The van der Waals surface area contributed by atoms with Crippen molar-refractivity contribution in [1.82, 2.24) is 10.3 Å². The second-order valence-electron chi connectivity index (χ2n) is 7.02. The Hall–Kier alpha value is -2.24. The molecule has 1 fully saturated rings. The van der Waals surface area contributed by atoms with Crippen LogP contribution in [0.5, 0.6) is 5.75 Å². The maximum absolute atomic E-state index is 12.8. The zero-order chi connectivity index (χ0) is 25.5. The van der Waals surface area contributed by atoms with Crippen LogP contribution in [0.25, 0.3) is 0 Å². The predicted molar refractivity (Wildman–Crippen MR) is 143 cm³/mol. The zero-order valence-corrected chi connectivity index (χ0v) is 22.6. The Morgan fingerprint density at radius 2 is 1.83 bits per heavy atom. The summed E-state index contributed by atoms with van der Waals surface area (Å²) in [5.41, 5.74) is 2.95. The molecular weight excluding hydrogens is 603 g/mol. The van der Waals surface area contributed by atoms with Gasteiger partial charge in [-0.25, -0.2) is 5.43 Å². The molecule has 1 unspecified atom stereocenters. The van der Waals surface area contributed by atoms with Crippen LogP contribution in [-0.4, -0.2) is 46.2 Å². The van der Waals surface area contributed by atoms with Crippen molar-refractivity contribution in [3.63, 3.8) is 0 Å². The first-order valence-electron chi connectivity index (χ1n) is 9.96. The number of nitrogens with one attached hydrogen (secondary N) is 2. The highest BCUT2D eigenvalue weighted by Gasteiger charge is 2.38. The van der Waals surface area contributed by atoms with Crippen LogP contribution in [0, 0.1) is 0 Å². The summed E-state index contributed by atoms with van der Waals surface area (Å²) in [5.74, 6) is -1.05. The van der Waals surface area contributed by atoms with E-state index in [-0.39, 0.29) is 50.8 Å². The average molecular weight is 621 g/mol. The van der Waals surface area contributed by atoms with Crippen molar-refractivity contribution in [1.29, 1.82) is 0 Å². The van der Waals surface area contributed by atoms with E-state index in [1.165, 1.54) is 23.1 Å². The third kappa shape index (κ3) is 7.62. The number of ether oxygens (including phenoxy) is 1. The van der Waals surface area contributed by atoms with Gasteiger partial charge in [-0.15, -0.1) is 11.7 Å². The summed E-state index contributed by atoms with van der Waals surface area (Å²) in [6.45, 7) is 3.40. The maximum Gasteiger partial charge on any atom is 0.278 e. The largest absolute Gasteiger partial charge is 0.482 e. The number of nitrogens with zero attached hydrogens (tertiary/aromatic N) is 2. The number of halogens is 4. The van der Waals surface area contributed by atoms with E-state index in [9.17, 15) is 14.4 Å². The fourth-order valence-electron chi connectivity index (χ4n) is 2.84. The molecule has 0 aromatic heterocycles. The fourth-order valence-corrected chi connectivity index (χ4v) is 4.80. The van der Waals surface area contributed by atoms with Crippen LogP contribution in [0.1, 0.15) is 6.42 Å². The smallest absolute Gasteiger partial charge is 0.278 e. The number of anilines is 1. The second-order valence-corrected chi connectivity index (χ2v) is 10.3. The standard InChI is InChI=1S/C22H18BrCl3N4O4S/c1-2-7-30-21(33)18(10-19(31)27-13-5-3-12(23)4-6-13)35-22(30)29-28-20(32)11-34-17-9-15(25)14(24)8-16(17)26/h2-6,8-9,18H,1,7,10-11H2,(H,27,31)(H,28,32). The molecule has 2 aromatic rings. The first-order chi connectivity index (χ1) is 16.7. The van der Waals surface area contributed by atoms with Gasteiger partial charge in [0.15, 0.2) is 11.8 Å². The minimum atomic E-state index is -0.702. The summed E-state index contributed by atoms with van der Waals surface area (Å²) in [5, 5.41) is 6.99. The molecule has 1 aliphatic heterocycles. The molecule has 13 heteroatoms. The van der Waals surface area contributed by atoms with Gasteiger partial charge in [0.05, 0.1) is 15.1 Å². The minimum Gasteiger partial charge on any atom is -0.482 e. The Balaban J connectivity index is 1.59. The number of amides is 3. The monoisotopic (exact) mass is 618 g/mol. The molecule has 2 aromatic carbocycles. The molecule has 3 amide bonds. The molecule has 0 spiro atoms. The molecule has 0 aliphatic carbocycles. The predicted octanol–water partition coefficient (Wildman–Crippen LogP) is 5.33. The van der Waals surface area contributed by atoms with Gasteiger partial charge in [0, 0.05) is 29.2 Å². The number of amidine groups is 1. The topological polar surface area (TPSA) is 100 Å². The van der Waals surface area contributed by atoms with Gasteiger partial charge in [0.25, 0.3) is 5.91 Å². The maximum atomic E-state index is 12.8. The van der Waals surface area contributed by atoms with E-state index in [0.29, 0.717) is 5.69 Å². The first kappa shape index (κ1) is 27.3. The average Bonchev–Trinajstić information content (AvgIpc) is 3.10. The molecule has 0 bridgehead atoms. The van der Waals surface area contributed by atoms with Crippen molar-refractivity contribution in [3.8, 4) is 5.75 Å². The number of hydrogen-bond acceptors (Lipinski definition) is 6. The van der Waals surface area contributed by atoms with Crippen LogP contribution in [-0.2, 0) is 14.4 Å². The molecule has 8 nitrogen and oxygen atoms in total. The lowest BCUT2D eigenvalue weighted by Gasteiger charge is -2.14. The Bertz CT molecular complexity index is 1180. The van der Waals surface area contributed by atoms with Crippen LogP contribution in [0.15, 0.2) is 58.6 Å². The number of hydrogen-bond donors (Lipinski definition) is 2. The van der Waals surface area contributed by atoms with Gasteiger partial charge >= 0.3 is 0 Å². The molecule has 184 valence electrons. The lowest BCUT2D eigenvalue weighted by molar-refractivity contribution is -0.128. The summed E-state index contributed by atoms with van der Waals surface area (Å²) >= 11 is 22.2.